The fraction of sp³-hybridized carbons (Fsp3) is 0. The molecule has 0 bridgehead atoms. The van der Waals surface area contributed by atoms with Crippen molar-refractivity contribution >= 4 is 40.3 Å². The highest BCUT2D eigenvalue weighted by Crippen LogP contribution is 2.17. The Morgan fingerprint density at radius 2 is 2.08 bits per heavy atom. The molecular weight excluding hydrogens is 201 g/mol. The fourth-order valence-corrected chi connectivity index (χ4v) is 1.30. The van der Waals surface area contributed by atoms with Crippen molar-refractivity contribution in [2.75, 3.05) is 5.73 Å². The van der Waals surface area contributed by atoms with E-state index in [0.29, 0.717) is 11.2 Å². The molecule has 7 heteroatoms. The summed E-state index contributed by atoms with van der Waals surface area (Å²) >= 11 is 11.3. The molecule has 2 aromatic rings. The lowest BCUT2D eigenvalue weighted by atomic mass is 10.6. The first-order chi connectivity index (χ1) is 5.66. The molecule has 0 saturated carbocycles. The van der Waals surface area contributed by atoms with Crippen LogP contribution >= 0.6 is 23.2 Å². The summed E-state index contributed by atoms with van der Waals surface area (Å²) in [6.45, 7) is 0. The third-order valence-electron chi connectivity index (χ3n) is 1.35. The van der Waals surface area contributed by atoms with Crippen molar-refractivity contribution in [3.05, 3.63) is 10.4 Å². The zero-order valence-corrected chi connectivity index (χ0v) is 7.24. The van der Waals surface area contributed by atoms with Gasteiger partial charge in [-0.3, -0.25) is 0 Å². The third-order valence-corrected chi connectivity index (χ3v) is 1.80. The van der Waals surface area contributed by atoms with E-state index in [9.17, 15) is 0 Å². The minimum Gasteiger partial charge on any atom is -0.311 e. The van der Waals surface area contributed by atoms with Crippen molar-refractivity contribution in [1.82, 2.24) is 15.0 Å². The van der Waals surface area contributed by atoms with Gasteiger partial charge in [0, 0.05) is 0 Å². The van der Waals surface area contributed by atoms with E-state index in [-0.39, 0.29) is 16.4 Å². The van der Waals surface area contributed by atoms with E-state index in [2.05, 4.69) is 19.9 Å². The summed E-state index contributed by atoms with van der Waals surface area (Å²) in [5, 5.41) is 0.496. The van der Waals surface area contributed by atoms with Crippen LogP contribution in [0.15, 0.2) is 0 Å². The second kappa shape index (κ2) is 2.46. The lowest BCUT2D eigenvalue weighted by Gasteiger charge is -1.86. The number of H-pyrrole nitrogens is 2. The van der Waals surface area contributed by atoms with Crippen LogP contribution < -0.4 is 10.7 Å². The van der Waals surface area contributed by atoms with Gasteiger partial charge in [-0.25, -0.2) is 4.98 Å². The van der Waals surface area contributed by atoms with Gasteiger partial charge < -0.3 is 10.7 Å². The Bertz CT molecular complexity index is 437. The molecule has 0 aliphatic carbocycles. The van der Waals surface area contributed by atoms with Crippen LogP contribution in [0.1, 0.15) is 0 Å². The number of rotatable bonds is 0. The first-order valence-electron chi connectivity index (χ1n) is 3.06. The van der Waals surface area contributed by atoms with Gasteiger partial charge in [-0.1, -0.05) is 4.98 Å². The molecule has 12 heavy (non-hydrogen) atoms. The zero-order chi connectivity index (χ0) is 8.72. The summed E-state index contributed by atoms with van der Waals surface area (Å²) in [6, 6.07) is 0. The Labute approximate surface area is 76.9 Å². The average molecular weight is 205 g/mol. The standard InChI is InChI=1S/C5H3Cl2N5/c6-2-1-3(11-4(7)9-1)12-5(8)10-2/h(H3,8,9,10,11,12)/p+1. The molecule has 2 heterocycles. The molecule has 0 saturated heterocycles. The Morgan fingerprint density at radius 1 is 1.33 bits per heavy atom. The van der Waals surface area contributed by atoms with Gasteiger partial charge in [-0.05, 0) is 23.2 Å². The molecule has 0 spiro atoms. The minimum atomic E-state index is 0.204. The van der Waals surface area contributed by atoms with E-state index < -0.39 is 0 Å². The number of nitrogens with one attached hydrogen (secondary N) is 2. The minimum absolute atomic E-state index is 0.204. The molecule has 0 aromatic carbocycles. The van der Waals surface area contributed by atoms with Crippen LogP contribution in [0.3, 0.4) is 0 Å². The molecule has 2 rings (SSSR count). The number of halogens is 2. The van der Waals surface area contributed by atoms with E-state index >= 15 is 0 Å². The van der Waals surface area contributed by atoms with Crippen molar-refractivity contribution < 1.29 is 4.98 Å². The summed E-state index contributed by atoms with van der Waals surface area (Å²) in [5.41, 5.74) is 6.44. The summed E-state index contributed by atoms with van der Waals surface area (Å²) in [4.78, 5) is 13.1. The maximum Gasteiger partial charge on any atom is 0.344 e. The maximum absolute atomic E-state index is 5.73. The fourth-order valence-electron chi connectivity index (χ4n) is 0.895. The summed E-state index contributed by atoms with van der Waals surface area (Å²) < 4.78 is 0. The normalized spacial score (nSPS) is 10.8. The number of nitrogens with two attached hydrogens (primary N) is 1. The van der Waals surface area contributed by atoms with Crippen LogP contribution in [0.4, 0.5) is 5.95 Å². The summed E-state index contributed by atoms with van der Waals surface area (Å²) in [7, 11) is 0. The lowest BCUT2D eigenvalue weighted by Crippen LogP contribution is -2.13. The molecule has 5 nitrogen and oxygen atoms in total. The summed E-state index contributed by atoms with van der Waals surface area (Å²) in [5.74, 6) is 0.204. The van der Waals surface area contributed by atoms with Crippen molar-refractivity contribution in [1.29, 1.82) is 0 Å². The molecule has 2 aromatic heterocycles. The second-order valence-corrected chi connectivity index (χ2v) is 2.88. The van der Waals surface area contributed by atoms with E-state index in [0.717, 1.165) is 0 Å². The Morgan fingerprint density at radius 3 is 2.83 bits per heavy atom. The van der Waals surface area contributed by atoms with Gasteiger partial charge in [0.15, 0.2) is 5.52 Å². The number of nitrogen functional groups attached to an aromatic ring is 1. The number of anilines is 1. The Kier molecular flexibility index (Phi) is 1.55. The number of aromatic nitrogens is 4. The van der Waals surface area contributed by atoms with E-state index in [1.807, 2.05) is 0 Å². The highest BCUT2D eigenvalue weighted by Gasteiger charge is 2.13. The highest BCUT2D eigenvalue weighted by atomic mass is 35.5. The molecule has 0 unspecified atom stereocenters. The van der Waals surface area contributed by atoms with E-state index in [4.69, 9.17) is 28.9 Å². The summed E-state index contributed by atoms with van der Waals surface area (Å²) in [6.07, 6.45) is 0. The predicted octanol–water partition coefficient (Wildman–Crippen LogP) is 0.661. The topological polar surface area (TPSA) is 81.7 Å². The maximum atomic E-state index is 5.73. The Balaban J connectivity index is 2.88. The zero-order valence-electron chi connectivity index (χ0n) is 5.73. The first-order valence-corrected chi connectivity index (χ1v) is 3.82. The van der Waals surface area contributed by atoms with Gasteiger partial charge in [-0.15, -0.1) is 4.98 Å². The predicted molar refractivity (Wildman–Crippen MR) is 44.9 cm³/mol. The molecule has 62 valence electrons. The number of hydrogen-bond acceptors (Lipinski definition) is 3. The number of imidazole rings is 1. The molecule has 0 fully saturated rings. The molecule has 0 amide bonds. The number of fused-ring (bicyclic) bond motifs is 1. The molecule has 0 aliphatic rings. The van der Waals surface area contributed by atoms with Crippen LogP contribution in [0.25, 0.3) is 11.2 Å². The SMILES string of the molecule is Nc1nc(Cl)c2[nH]c(Cl)nc2[nH+]1. The smallest absolute Gasteiger partial charge is 0.311 e. The highest BCUT2D eigenvalue weighted by molar-refractivity contribution is 6.34. The van der Waals surface area contributed by atoms with Crippen molar-refractivity contribution in [3.8, 4) is 0 Å². The molecule has 4 N–H and O–H groups in total. The molecule has 0 aliphatic heterocycles. The van der Waals surface area contributed by atoms with E-state index in [1.165, 1.54) is 0 Å². The van der Waals surface area contributed by atoms with Crippen LogP contribution in [0.2, 0.25) is 10.4 Å². The molecule has 0 radical (unpaired) electrons. The van der Waals surface area contributed by atoms with Gasteiger partial charge >= 0.3 is 5.95 Å². The van der Waals surface area contributed by atoms with Gasteiger partial charge in [0.2, 0.25) is 5.15 Å². The molecule has 0 atom stereocenters. The largest absolute Gasteiger partial charge is 0.344 e. The number of nitrogens with zero attached hydrogens (tertiary/aromatic N) is 2. The van der Waals surface area contributed by atoms with Gasteiger partial charge in [0.1, 0.15) is 0 Å². The van der Waals surface area contributed by atoms with E-state index in [1.54, 1.807) is 0 Å². The van der Waals surface area contributed by atoms with Crippen LogP contribution in [0.5, 0.6) is 0 Å². The Hall–Kier alpha value is -1.07. The van der Waals surface area contributed by atoms with Crippen molar-refractivity contribution in [2.45, 2.75) is 0 Å². The second-order valence-electron chi connectivity index (χ2n) is 2.16. The van der Waals surface area contributed by atoms with Crippen LogP contribution in [0, 0.1) is 0 Å². The lowest BCUT2D eigenvalue weighted by molar-refractivity contribution is -0.333. The van der Waals surface area contributed by atoms with Crippen LogP contribution in [-0.4, -0.2) is 15.0 Å². The van der Waals surface area contributed by atoms with Crippen LogP contribution in [-0.2, 0) is 0 Å². The number of aromatic amines is 2. The quantitative estimate of drug-likeness (QED) is 0.489. The first kappa shape index (κ1) is 7.57. The molecular formula is C5H4Cl2N5+. The van der Waals surface area contributed by atoms with Gasteiger partial charge in [-0.2, -0.15) is 0 Å². The van der Waals surface area contributed by atoms with Crippen molar-refractivity contribution in [3.63, 3.8) is 0 Å². The monoisotopic (exact) mass is 204 g/mol. The van der Waals surface area contributed by atoms with Crippen molar-refractivity contribution in [2.24, 2.45) is 0 Å². The van der Waals surface area contributed by atoms with Gasteiger partial charge in [0.05, 0.1) is 0 Å². The number of hydrogen-bond donors (Lipinski definition) is 2. The van der Waals surface area contributed by atoms with Gasteiger partial charge in [0.25, 0.3) is 10.9 Å². The third kappa shape index (κ3) is 1.07. The average Bonchev–Trinajstić information content (AvgIpc) is 2.29.